The number of nitrogens with one attached hydrogen (secondary N) is 1. The van der Waals surface area contributed by atoms with Crippen molar-refractivity contribution >= 4 is 6.09 Å². The molecule has 1 N–H and O–H groups in total. The summed E-state index contributed by atoms with van der Waals surface area (Å²) >= 11 is 0. The van der Waals surface area contributed by atoms with Gasteiger partial charge < -0.3 is 15.0 Å². The van der Waals surface area contributed by atoms with Gasteiger partial charge in [-0.15, -0.1) is 6.58 Å². The van der Waals surface area contributed by atoms with E-state index in [1.807, 2.05) is 36.4 Å². The highest BCUT2D eigenvalue weighted by atomic mass is 16.6. The molecule has 0 unspecified atom stereocenters. The van der Waals surface area contributed by atoms with Gasteiger partial charge in [0, 0.05) is 25.7 Å². The molecule has 4 heteroatoms. The molecule has 0 radical (unpaired) electrons. The van der Waals surface area contributed by atoms with Crippen LogP contribution in [-0.2, 0) is 11.3 Å². The Kier molecular flexibility index (Phi) is 4.98. The van der Waals surface area contributed by atoms with Crippen molar-refractivity contribution < 1.29 is 9.53 Å². The van der Waals surface area contributed by atoms with Crippen LogP contribution in [0.3, 0.4) is 0 Å². The van der Waals surface area contributed by atoms with Gasteiger partial charge in [-0.3, -0.25) is 0 Å². The maximum absolute atomic E-state index is 12.0. The number of piperazine rings is 1. The Morgan fingerprint density at radius 1 is 1.47 bits per heavy atom. The van der Waals surface area contributed by atoms with Crippen molar-refractivity contribution in [2.75, 3.05) is 19.6 Å². The average Bonchev–Trinajstić information content (AvgIpc) is 2.46. The van der Waals surface area contributed by atoms with Gasteiger partial charge in [-0.2, -0.15) is 0 Å². The fourth-order valence-corrected chi connectivity index (χ4v) is 2.16. The number of carbonyl (C=O) groups is 1. The van der Waals surface area contributed by atoms with Crippen molar-refractivity contribution in [2.45, 2.75) is 19.1 Å². The number of hydrogen-bond donors (Lipinski definition) is 1. The van der Waals surface area contributed by atoms with Crippen LogP contribution < -0.4 is 5.32 Å². The van der Waals surface area contributed by atoms with Crippen molar-refractivity contribution in [3.05, 3.63) is 48.6 Å². The molecule has 1 heterocycles. The predicted molar refractivity (Wildman–Crippen MR) is 74.8 cm³/mol. The molecule has 0 saturated carbocycles. The van der Waals surface area contributed by atoms with Gasteiger partial charge in [0.1, 0.15) is 6.61 Å². The van der Waals surface area contributed by atoms with E-state index in [-0.39, 0.29) is 12.1 Å². The highest BCUT2D eigenvalue weighted by molar-refractivity contribution is 5.67. The third kappa shape index (κ3) is 4.10. The summed E-state index contributed by atoms with van der Waals surface area (Å²) in [7, 11) is 0. The molecular formula is C15H20N2O2. The maximum Gasteiger partial charge on any atom is 0.410 e. The summed E-state index contributed by atoms with van der Waals surface area (Å²) in [6.45, 7) is 6.24. The summed E-state index contributed by atoms with van der Waals surface area (Å²) in [5.74, 6) is 0. The van der Waals surface area contributed by atoms with Crippen molar-refractivity contribution in [3.8, 4) is 0 Å². The fourth-order valence-electron chi connectivity index (χ4n) is 2.16. The van der Waals surface area contributed by atoms with Crippen molar-refractivity contribution in [1.29, 1.82) is 0 Å². The Morgan fingerprint density at radius 3 is 3.00 bits per heavy atom. The second kappa shape index (κ2) is 6.95. The third-order valence-electron chi connectivity index (χ3n) is 3.17. The van der Waals surface area contributed by atoms with E-state index in [1.165, 1.54) is 0 Å². The smallest absolute Gasteiger partial charge is 0.410 e. The minimum atomic E-state index is -0.237. The Bertz CT molecular complexity index is 419. The van der Waals surface area contributed by atoms with Crippen LogP contribution in [0.2, 0.25) is 0 Å². The van der Waals surface area contributed by atoms with E-state index < -0.39 is 0 Å². The van der Waals surface area contributed by atoms with Gasteiger partial charge >= 0.3 is 6.09 Å². The molecule has 1 fully saturated rings. The number of nitrogens with zero attached hydrogens (tertiary/aromatic N) is 1. The number of hydrogen-bond acceptors (Lipinski definition) is 3. The molecule has 1 saturated heterocycles. The van der Waals surface area contributed by atoms with E-state index in [1.54, 1.807) is 4.90 Å². The Balaban J connectivity index is 1.81. The SMILES string of the molecule is C=CC[C@H]1CN(C(=O)OCc2ccccc2)CCN1. The van der Waals surface area contributed by atoms with Crippen LogP contribution >= 0.6 is 0 Å². The molecule has 1 aliphatic rings. The molecule has 102 valence electrons. The van der Waals surface area contributed by atoms with E-state index in [0.717, 1.165) is 18.5 Å². The first kappa shape index (κ1) is 13.6. The zero-order valence-electron chi connectivity index (χ0n) is 11.0. The number of amides is 1. The highest BCUT2D eigenvalue weighted by Gasteiger charge is 2.23. The van der Waals surface area contributed by atoms with Gasteiger partial charge in [-0.25, -0.2) is 4.79 Å². The maximum atomic E-state index is 12.0. The quantitative estimate of drug-likeness (QED) is 0.844. The molecule has 1 amide bonds. The number of carbonyl (C=O) groups excluding carboxylic acids is 1. The summed E-state index contributed by atoms with van der Waals surface area (Å²) in [6, 6.07) is 10.0. The summed E-state index contributed by atoms with van der Waals surface area (Å²) in [4.78, 5) is 13.7. The topological polar surface area (TPSA) is 41.6 Å². The van der Waals surface area contributed by atoms with E-state index in [4.69, 9.17) is 4.74 Å². The summed E-state index contributed by atoms with van der Waals surface area (Å²) < 4.78 is 5.33. The molecular weight excluding hydrogens is 240 g/mol. The Labute approximate surface area is 114 Å². The van der Waals surface area contributed by atoms with E-state index in [9.17, 15) is 4.79 Å². The first-order valence-electron chi connectivity index (χ1n) is 6.59. The van der Waals surface area contributed by atoms with Gasteiger partial charge in [0.2, 0.25) is 0 Å². The molecule has 1 atom stereocenters. The van der Waals surface area contributed by atoms with Gasteiger partial charge in [0.15, 0.2) is 0 Å². The van der Waals surface area contributed by atoms with Crippen LogP contribution in [0.15, 0.2) is 43.0 Å². The lowest BCUT2D eigenvalue weighted by Gasteiger charge is -2.32. The molecule has 1 aromatic carbocycles. The van der Waals surface area contributed by atoms with Gasteiger partial charge in [-0.05, 0) is 12.0 Å². The summed E-state index contributed by atoms with van der Waals surface area (Å²) in [5, 5.41) is 3.36. The average molecular weight is 260 g/mol. The van der Waals surface area contributed by atoms with Crippen LogP contribution in [0.1, 0.15) is 12.0 Å². The van der Waals surface area contributed by atoms with Crippen LogP contribution in [0.25, 0.3) is 0 Å². The molecule has 2 rings (SSSR count). The standard InChI is InChI=1S/C15H20N2O2/c1-2-6-14-11-17(10-9-16-14)15(18)19-12-13-7-4-3-5-8-13/h2-5,7-8,14,16H,1,6,9-12H2/t14-/m0/s1. The molecule has 1 aromatic rings. The third-order valence-corrected chi connectivity index (χ3v) is 3.17. The number of ether oxygens (including phenoxy) is 1. The second-order valence-electron chi connectivity index (χ2n) is 4.66. The van der Waals surface area contributed by atoms with E-state index >= 15 is 0 Å². The van der Waals surface area contributed by atoms with Gasteiger partial charge in [-0.1, -0.05) is 36.4 Å². The molecule has 0 aromatic heterocycles. The normalized spacial score (nSPS) is 18.9. The van der Waals surface area contributed by atoms with Crippen LogP contribution in [0.4, 0.5) is 4.79 Å². The van der Waals surface area contributed by atoms with Crippen LogP contribution in [-0.4, -0.2) is 36.7 Å². The number of benzene rings is 1. The lowest BCUT2D eigenvalue weighted by atomic mass is 10.1. The zero-order chi connectivity index (χ0) is 13.5. The molecule has 0 aliphatic carbocycles. The minimum absolute atomic E-state index is 0.237. The van der Waals surface area contributed by atoms with E-state index in [2.05, 4.69) is 11.9 Å². The van der Waals surface area contributed by atoms with E-state index in [0.29, 0.717) is 19.7 Å². The van der Waals surface area contributed by atoms with Crippen LogP contribution in [0, 0.1) is 0 Å². The van der Waals surface area contributed by atoms with Crippen molar-refractivity contribution in [3.63, 3.8) is 0 Å². The minimum Gasteiger partial charge on any atom is -0.445 e. The summed E-state index contributed by atoms with van der Waals surface area (Å²) in [5.41, 5.74) is 1.01. The first-order valence-corrected chi connectivity index (χ1v) is 6.59. The predicted octanol–water partition coefficient (Wildman–Crippen LogP) is 2.17. The van der Waals surface area contributed by atoms with Crippen molar-refractivity contribution in [1.82, 2.24) is 10.2 Å². The molecule has 1 aliphatic heterocycles. The van der Waals surface area contributed by atoms with Crippen LogP contribution in [0.5, 0.6) is 0 Å². The monoisotopic (exact) mass is 260 g/mol. The zero-order valence-corrected chi connectivity index (χ0v) is 11.0. The first-order chi connectivity index (χ1) is 9.29. The van der Waals surface area contributed by atoms with Gasteiger partial charge in [0.25, 0.3) is 0 Å². The van der Waals surface area contributed by atoms with Crippen molar-refractivity contribution in [2.24, 2.45) is 0 Å². The summed E-state index contributed by atoms with van der Waals surface area (Å²) in [6.07, 6.45) is 2.50. The largest absolute Gasteiger partial charge is 0.445 e. The lowest BCUT2D eigenvalue weighted by Crippen LogP contribution is -2.52. The lowest BCUT2D eigenvalue weighted by molar-refractivity contribution is 0.0851. The second-order valence-corrected chi connectivity index (χ2v) is 4.66. The fraction of sp³-hybridized carbons (Fsp3) is 0.400. The Morgan fingerprint density at radius 2 is 2.26 bits per heavy atom. The molecule has 0 bridgehead atoms. The number of rotatable bonds is 4. The molecule has 19 heavy (non-hydrogen) atoms. The molecule has 0 spiro atoms. The highest BCUT2D eigenvalue weighted by Crippen LogP contribution is 2.07. The molecule has 4 nitrogen and oxygen atoms in total. The Hall–Kier alpha value is -1.81. The van der Waals surface area contributed by atoms with Gasteiger partial charge in [0.05, 0.1) is 0 Å².